The van der Waals surface area contributed by atoms with Gasteiger partial charge >= 0.3 is 0 Å². The minimum absolute atomic E-state index is 0.0101. The average molecular weight is 276 g/mol. The number of hydrogen-bond donors (Lipinski definition) is 2. The van der Waals surface area contributed by atoms with Crippen LogP contribution in [0, 0.1) is 12.3 Å². The molecule has 1 saturated heterocycles. The Bertz CT molecular complexity index is 497. The van der Waals surface area contributed by atoms with Gasteiger partial charge in [-0.1, -0.05) is 13.8 Å². The van der Waals surface area contributed by atoms with E-state index in [9.17, 15) is 4.79 Å². The van der Waals surface area contributed by atoms with E-state index in [1.54, 1.807) is 7.11 Å². The predicted molar refractivity (Wildman–Crippen MR) is 81.2 cm³/mol. The van der Waals surface area contributed by atoms with Crippen molar-refractivity contribution in [3.8, 4) is 5.75 Å². The number of carbonyl (C=O) groups is 1. The number of anilines is 1. The molecule has 1 amide bonds. The van der Waals surface area contributed by atoms with Gasteiger partial charge in [0.05, 0.1) is 13.2 Å². The van der Waals surface area contributed by atoms with Crippen LogP contribution < -0.4 is 15.4 Å². The summed E-state index contributed by atoms with van der Waals surface area (Å²) in [7, 11) is 1.65. The molecule has 4 nitrogen and oxygen atoms in total. The summed E-state index contributed by atoms with van der Waals surface area (Å²) in [5, 5.41) is 6.33. The van der Waals surface area contributed by atoms with Gasteiger partial charge in [0.25, 0.3) is 0 Å². The highest BCUT2D eigenvalue weighted by atomic mass is 16.5. The largest absolute Gasteiger partial charge is 0.496 e. The molecule has 0 aliphatic carbocycles. The average Bonchev–Trinajstić information content (AvgIpc) is 2.38. The fourth-order valence-corrected chi connectivity index (χ4v) is 2.83. The molecule has 0 radical (unpaired) electrons. The van der Waals surface area contributed by atoms with Crippen molar-refractivity contribution in [2.45, 2.75) is 39.7 Å². The van der Waals surface area contributed by atoms with Crippen molar-refractivity contribution < 1.29 is 9.53 Å². The predicted octanol–water partition coefficient (Wildman–Crippen LogP) is 2.72. The second-order valence-corrected chi connectivity index (χ2v) is 6.15. The first kappa shape index (κ1) is 14.9. The Hall–Kier alpha value is -1.55. The fraction of sp³-hybridized carbons (Fsp3) is 0.562. The number of aryl methyl sites for hydroxylation is 1. The van der Waals surface area contributed by atoms with E-state index in [4.69, 9.17) is 4.74 Å². The molecule has 2 rings (SSSR count). The van der Waals surface area contributed by atoms with E-state index in [2.05, 4.69) is 24.5 Å². The molecule has 0 bridgehead atoms. The summed E-state index contributed by atoms with van der Waals surface area (Å²) in [5.74, 6) is 0.874. The van der Waals surface area contributed by atoms with Crippen molar-refractivity contribution in [2.24, 2.45) is 5.41 Å². The molecule has 20 heavy (non-hydrogen) atoms. The van der Waals surface area contributed by atoms with E-state index in [1.807, 2.05) is 25.1 Å². The molecule has 1 aromatic rings. The molecule has 1 aliphatic rings. The van der Waals surface area contributed by atoms with Crippen LogP contribution in [0.25, 0.3) is 0 Å². The number of benzene rings is 1. The Labute approximate surface area is 120 Å². The SMILES string of the molecule is COc1ccc(NC(=O)C2NCCCC2(C)C)cc1C. The number of carbonyl (C=O) groups excluding carboxylic acids is 1. The molecule has 4 heteroatoms. The summed E-state index contributed by atoms with van der Waals surface area (Å²) in [4.78, 5) is 12.4. The van der Waals surface area contributed by atoms with Gasteiger partial charge in [-0.2, -0.15) is 0 Å². The summed E-state index contributed by atoms with van der Waals surface area (Å²) in [5.41, 5.74) is 1.82. The number of piperidine rings is 1. The lowest BCUT2D eigenvalue weighted by Crippen LogP contribution is -2.53. The zero-order valence-corrected chi connectivity index (χ0v) is 12.7. The van der Waals surface area contributed by atoms with Crippen LogP contribution in [0.15, 0.2) is 18.2 Å². The highest BCUT2D eigenvalue weighted by molar-refractivity contribution is 5.95. The Morgan fingerprint density at radius 3 is 2.80 bits per heavy atom. The van der Waals surface area contributed by atoms with Gasteiger partial charge in [-0.05, 0) is 55.5 Å². The maximum absolute atomic E-state index is 12.4. The first-order chi connectivity index (χ1) is 9.44. The first-order valence-corrected chi connectivity index (χ1v) is 7.13. The van der Waals surface area contributed by atoms with Gasteiger partial charge < -0.3 is 15.4 Å². The van der Waals surface area contributed by atoms with Crippen LogP contribution in [0.4, 0.5) is 5.69 Å². The maximum atomic E-state index is 12.4. The van der Waals surface area contributed by atoms with Crippen molar-refractivity contribution in [3.63, 3.8) is 0 Å². The van der Waals surface area contributed by atoms with Crippen molar-refractivity contribution in [3.05, 3.63) is 23.8 Å². The van der Waals surface area contributed by atoms with Gasteiger partial charge in [-0.15, -0.1) is 0 Å². The van der Waals surface area contributed by atoms with Crippen molar-refractivity contribution >= 4 is 11.6 Å². The lowest BCUT2D eigenvalue weighted by atomic mass is 9.77. The second kappa shape index (κ2) is 5.83. The van der Waals surface area contributed by atoms with Crippen LogP contribution in [-0.2, 0) is 4.79 Å². The van der Waals surface area contributed by atoms with E-state index in [0.717, 1.165) is 36.4 Å². The van der Waals surface area contributed by atoms with Crippen LogP contribution in [0.5, 0.6) is 5.75 Å². The van der Waals surface area contributed by atoms with Crippen LogP contribution in [0.3, 0.4) is 0 Å². The molecular weight excluding hydrogens is 252 g/mol. The minimum Gasteiger partial charge on any atom is -0.496 e. The monoisotopic (exact) mass is 276 g/mol. The number of rotatable bonds is 3. The zero-order valence-electron chi connectivity index (χ0n) is 12.7. The Morgan fingerprint density at radius 2 is 2.20 bits per heavy atom. The Morgan fingerprint density at radius 1 is 1.45 bits per heavy atom. The van der Waals surface area contributed by atoms with E-state index >= 15 is 0 Å². The summed E-state index contributed by atoms with van der Waals surface area (Å²) >= 11 is 0. The van der Waals surface area contributed by atoms with Gasteiger partial charge in [0, 0.05) is 5.69 Å². The molecule has 1 heterocycles. The van der Waals surface area contributed by atoms with E-state index in [1.165, 1.54) is 0 Å². The quantitative estimate of drug-likeness (QED) is 0.892. The molecule has 0 spiro atoms. The second-order valence-electron chi connectivity index (χ2n) is 6.15. The first-order valence-electron chi connectivity index (χ1n) is 7.13. The van der Waals surface area contributed by atoms with Crippen LogP contribution in [0.1, 0.15) is 32.3 Å². The van der Waals surface area contributed by atoms with Crippen molar-refractivity contribution in [1.29, 1.82) is 0 Å². The van der Waals surface area contributed by atoms with Gasteiger partial charge in [-0.3, -0.25) is 4.79 Å². The fourth-order valence-electron chi connectivity index (χ4n) is 2.83. The lowest BCUT2D eigenvalue weighted by molar-refractivity contribution is -0.121. The Balaban J connectivity index is 2.09. The topological polar surface area (TPSA) is 50.4 Å². The highest BCUT2D eigenvalue weighted by Crippen LogP contribution is 2.31. The molecule has 110 valence electrons. The summed E-state index contributed by atoms with van der Waals surface area (Å²) < 4.78 is 5.23. The van der Waals surface area contributed by atoms with Crippen LogP contribution in [-0.4, -0.2) is 25.6 Å². The van der Waals surface area contributed by atoms with E-state index in [-0.39, 0.29) is 17.4 Å². The van der Waals surface area contributed by atoms with E-state index in [0.29, 0.717) is 0 Å². The van der Waals surface area contributed by atoms with Gasteiger partial charge in [0.1, 0.15) is 5.75 Å². The number of nitrogens with one attached hydrogen (secondary N) is 2. The zero-order chi connectivity index (χ0) is 14.8. The Kier molecular flexibility index (Phi) is 4.33. The van der Waals surface area contributed by atoms with Crippen molar-refractivity contribution in [1.82, 2.24) is 5.32 Å². The standard InChI is InChI=1S/C16H24N2O2/c1-11-10-12(6-7-13(11)20-4)18-15(19)14-16(2,3)8-5-9-17-14/h6-7,10,14,17H,5,8-9H2,1-4H3,(H,18,19). The number of methoxy groups -OCH3 is 1. The number of amides is 1. The lowest BCUT2D eigenvalue weighted by Gasteiger charge is -2.38. The normalized spacial score (nSPS) is 21.3. The third-order valence-corrected chi connectivity index (χ3v) is 4.05. The summed E-state index contributed by atoms with van der Waals surface area (Å²) in [6, 6.07) is 5.55. The number of ether oxygens (including phenoxy) is 1. The maximum Gasteiger partial charge on any atom is 0.242 e. The third-order valence-electron chi connectivity index (χ3n) is 4.05. The van der Waals surface area contributed by atoms with Crippen LogP contribution in [0.2, 0.25) is 0 Å². The van der Waals surface area contributed by atoms with E-state index < -0.39 is 0 Å². The molecule has 1 fully saturated rings. The summed E-state index contributed by atoms with van der Waals surface area (Å²) in [6.45, 7) is 7.16. The third kappa shape index (κ3) is 3.12. The molecule has 1 unspecified atom stereocenters. The molecule has 0 saturated carbocycles. The smallest absolute Gasteiger partial charge is 0.242 e. The highest BCUT2D eigenvalue weighted by Gasteiger charge is 2.37. The molecule has 1 aromatic carbocycles. The van der Waals surface area contributed by atoms with Gasteiger partial charge in [0.2, 0.25) is 5.91 Å². The molecule has 0 aromatic heterocycles. The number of hydrogen-bond acceptors (Lipinski definition) is 3. The minimum atomic E-state index is -0.140. The van der Waals surface area contributed by atoms with Crippen molar-refractivity contribution in [2.75, 3.05) is 19.0 Å². The van der Waals surface area contributed by atoms with Gasteiger partial charge in [-0.25, -0.2) is 0 Å². The molecule has 1 aliphatic heterocycles. The molecular formula is C16H24N2O2. The summed E-state index contributed by atoms with van der Waals surface area (Å²) in [6.07, 6.45) is 2.19. The molecule has 2 N–H and O–H groups in total. The van der Waals surface area contributed by atoms with Crippen LogP contribution >= 0.6 is 0 Å². The van der Waals surface area contributed by atoms with Gasteiger partial charge in [0.15, 0.2) is 0 Å². The molecule has 1 atom stereocenters.